The van der Waals surface area contributed by atoms with Crippen molar-refractivity contribution in [2.24, 2.45) is 0 Å². The van der Waals surface area contributed by atoms with E-state index in [1.54, 1.807) is 4.90 Å². The van der Waals surface area contributed by atoms with Crippen LogP contribution in [0.25, 0.3) is 0 Å². The molecule has 0 spiro atoms. The molecule has 0 aliphatic carbocycles. The molecule has 5 heteroatoms. The van der Waals surface area contributed by atoms with E-state index >= 15 is 0 Å². The van der Waals surface area contributed by atoms with Crippen molar-refractivity contribution in [2.45, 2.75) is 39.3 Å². The summed E-state index contributed by atoms with van der Waals surface area (Å²) in [5.41, 5.74) is 0. The molecule has 0 aromatic carbocycles. The van der Waals surface area contributed by atoms with Crippen molar-refractivity contribution in [3.63, 3.8) is 0 Å². The minimum absolute atomic E-state index is 0.0429. The van der Waals surface area contributed by atoms with Gasteiger partial charge in [-0.1, -0.05) is 6.92 Å². The number of hydrogen-bond acceptors (Lipinski definition) is 3. The van der Waals surface area contributed by atoms with Gasteiger partial charge in [0.2, 0.25) is 11.8 Å². The van der Waals surface area contributed by atoms with Crippen molar-refractivity contribution in [2.75, 3.05) is 6.54 Å². The zero-order chi connectivity index (χ0) is 13.3. The second-order valence-electron chi connectivity index (χ2n) is 4.62. The van der Waals surface area contributed by atoms with E-state index in [-0.39, 0.29) is 24.4 Å². The largest absolute Gasteiger partial charge is 0.464 e. The SMILES string of the molecule is CCC1NC(=O)CN(C(C)c2ccc(C)o2)C1=O. The van der Waals surface area contributed by atoms with Gasteiger partial charge >= 0.3 is 0 Å². The molecule has 2 amide bonds. The van der Waals surface area contributed by atoms with Gasteiger partial charge in [-0.3, -0.25) is 9.59 Å². The lowest BCUT2D eigenvalue weighted by Crippen LogP contribution is -2.58. The van der Waals surface area contributed by atoms with E-state index in [0.717, 1.165) is 5.76 Å². The highest BCUT2D eigenvalue weighted by molar-refractivity contribution is 5.95. The Morgan fingerprint density at radius 2 is 2.22 bits per heavy atom. The summed E-state index contributed by atoms with van der Waals surface area (Å²) in [5.74, 6) is 1.36. The third kappa shape index (κ3) is 2.25. The highest BCUT2D eigenvalue weighted by Crippen LogP contribution is 2.24. The molecule has 1 N–H and O–H groups in total. The Labute approximate surface area is 106 Å². The highest BCUT2D eigenvalue weighted by Gasteiger charge is 2.35. The Hall–Kier alpha value is -1.78. The average molecular weight is 250 g/mol. The zero-order valence-electron chi connectivity index (χ0n) is 10.9. The second-order valence-corrected chi connectivity index (χ2v) is 4.62. The molecule has 0 bridgehead atoms. The molecule has 1 fully saturated rings. The van der Waals surface area contributed by atoms with Crippen LogP contribution in [0.2, 0.25) is 0 Å². The van der Waals surface area contributed by atoms with E-state index < -0.39 is 6.04 Å². The van der Waals surface area contributed by atoms with Crippen molar-refractivity contribution in [1.29, 1.82) is 0 Å². The molecule has 5 nitrogen and oxygen atoms in total. The van der Waals surface area contributed by atoms with Gasteiger partial charge in [-0.15, -0.1) is 0 Å². The van der Waals surface area contributed by atoms with Crippen LogP contribution in [0.5, 0.6) is 0 Å². The van der Waals surface area contributed by atoms with E-state index in [9.17, 15) is 9.59 Å². The van der Waals surface area contributed by atoms with Crippen LogP contribution < -0.4 is 5.32 Å². The number of rotatable bonds is 3. The lowest BCUT2D eigenvalue weighted by atomic mass is 10.1. The van der Waals surface area contributed by atoms with Crippen LogP contribution in [0.4, 0.5) is 0 Å². The van der Waals surface area contributed by atoms with Gasteiger partial charge in [-0.2, -0.15) is 0 Å². The maximum absolute atomic E-state index is 12.2. The Morgan fingerprint density at radius 3 is 2.78 bits per heavy atom. The molecule has 2 rings (SSSR count). The van der Waals surface area contributed by atoms with Crippen molar-refractivity contribution in [3.8, 4) is 0 Å². The Bertz CT molecular complexity index is 467. The Morgan fingerprint density at radius 1 is 1.50 bits per heavy atom. The molecule has 0 saturated carbocycles. The smallest absolute Gasteiger partial charge is 0.246 e. The lowest BCUT2D eigenvalue weighted by Gasteiger charge is -2.35. The number of carbonyl (C=O) groups excluding carboxylic acids is 2. The summed E-state index contributed by atoms with van der Waals surface area (Å²) in [4.78, 5) is 25.4. The number of amides is 2. The molecule has 18 heavy (non-hydrogen) atoms. The molecular weight excluding hydrogens is 232 g/mol. The van der Waals surface area contributed by atoms with Crippen LogP contribution in [0.1, 0.15) is 37.8 Å². The van der Waals surface area contributed by atoms with E-state index in [0.29, 0.717) is 12.2 Å². The normalized spacial score (nSPS) is 21.9. The predicted molar refractivity (Wildman–Crippen MR) is 65.8 cm³/mol. The maximum atomic E-state index is 12.2. The zero-order valence-corrected chi connectivity index (χ0v) is 10.9. The minimum Gasteiger partial charge on any atom is -0.464 e. The monoisotopic (exact) mass is 250 g/mol. The van der Waals surface area contributed by atoms with Crippen LogP contribution in [0.3, 0.4) is 0 Å². The first kappa shape index (κ1) is 12.7. The van der Waals surface area contributed by atoms with Gasteiger partial charge in [-0.05, 0) is 32.4 Å². The summed E-state index contributed by atoms with van der Waals surface area (Å²) < 4.78 is 5.53. The molecule has 98 valence electrons. The van der Waals surface area contributed by atoms with Crippen LogP contribution >= 0.6 is 0 Å². The molecule has 1 aliphatic heterocycles. The number of furan rings is 1. The molecule has 1 aromatic rings. The van der Waals surface area contributed by atoms with Gasteiger partial charge in [0, 0.05) is 0 Å². The number of nitrogens with zero attached hydrogens (tertiary/aromatic N) is 1. The Kier molecular flexibility index (Phi) is 3.41. The van der Waals surface area contributed by atoms with E-state index in [2.05, 4.69) is 5.32 Å². The summed E-state index contributed by atoms with van der Waals surface area (Å²) in [6.45, 7) is 5.71. The first-order chi connectivity index (χ1) is 8.52. The molecular formula is C13H18N2O3. The van der Waals surface area contributed by atoms with E-state index in [1.807, 2.05) is 32.9 Å². The fourth-order valence-corrected chi connectivity index (χ4v) is 2.17. The van der Waals surface area contributed by atoms with E-state index in [1.165, 1.54) is 0 Å². The molecule has 2 atom stereocenters. The fourth-order valence-electron chi connectivity index (χ4n) is 2.17. The molecule has 1 aliphatic rings. The first-order valence-electron chi connectivity index (χ1n) is 6.19. The Balaban J connectivity index is 2.20. The van der Waals surface area contributed by atoms with E-state index in [4.69, 9.17) is 4.42 Å². The summed E-state index contributed by atoms with van der Waals surface area (Å²) in [7, 11) is 0. The quantitative estimate of drug-likeness (QED) is 0.881. The number of piperazine rings is 1. The molecule has 0 radical (unpaired) electrons. The van der Waals surface area contributed by atoms with Gasteiger partial charge in [0.15, 0.2) is 0 Å². The second kappa shape index (κ2) is 4.84. The third-order valence-corrected chi connectivity index (χ3v) is 3.28. The number of aryl methyl sites for hydroxylation is 1. The average Bonchev–Trinajstić information content (AvgIpc) is 2.77. The lowest BCUT2D eigenvalue weighted by molar-refractivity contribution is -0.146. The number of hydrogen-bond donors (Lipinski definition) is 1. The molecule has 1 aromatic heterocycles. The molecule has 1 saturated heterocycles. The van der Waals surface area contributed by atoms with Crippen molar-refractivity contribution in [3.05, 3.63) is 23.7 Å². The predicted octanol–water partition coefficient (Wildman–Crippen LogP) is 1.39. The maximum Gasteiger partial charge on any atom is 0.246 e. The van der Waals surface area contributed by atoms with Gasteiger partial charge in [0.25, 0.3) is 0 Å². The highest BCUT2D eigenvalue weighted by atomic mass is 16.3. The summed E-state index contributed by atoms with van der Waals surface area (Å²) in [6, 6.07) is 3.08. The standard InChI is InChI=1S/C13H18N2O3/c1-4-10-13(17)15(7-12(16)14-10)9(3)11-6-5-8(2)18-11/h5-6,9-10H,4,7H2,1-3H3,(H,14,16). The van der Waals surface area contributed by atoms with Crippen LogP contribution in [-0.2, 0) is 9.59 Å². The van der Waals surface area contributed by atoms with Gasteiger partial charge in [0.05, 0.1) is 6.04 Å². The number of nitrogens with one attached hydrogen (secondary N) is 1. The van der Waals surface area contributed by atoms with Crippen molar-refractivity contribution >= 4 is 11.8 Å². The minimum atomic E-state index is -0.412. The molecule has 2 heterocycles. The summed E-state index contributed by atoms with van der Waals surface area (Å²) >= 11 is 0. The van der Waals surface area contributed by atoms with Gasteiger partial charge < -0.3 is 14.6 Å². The van der Waals surface area contributed by atoms with Gasteiger partial charge in [-0.25, -0.2) is 0 Å². The summed E-state index contributed by atoms with van der Waals surface area (Å²) in [6.07, 6.45) is 0.602. The van der Waals surface area contributed by atoms with Crippen LogP contribution in [-0.4, -0.2) is 29.3 Å². The fraction of sp³-hybridized carbons (Fsp3) is 0.538. The third-order valence-electron chi connectivity index (χ3n) is 3.28. The van der Waals surface area contributed by atoms with Crippen molar-refractivity contribution < 1.29 is 14.0 Å². The van der Waals surface area contributed by atoms with Crippen molar-refractivity contribution in [1.82, 2.24) is 10.2 Å². The summed E-state index contributed by atoms with van der Waals surface area (Å²) in [5, 5.41) is 2.70. The topological polar surface area (TPSA) is 62.6 Å². The first-order valence-corrected chi connectivity index (χ1v) is 6.19. The van der Waals surface area contributed by atoms with Crippen LogP contribution in [0.15, 0.2) is 16.5 Å². The van der Waals surface area contributed by atoms with Gasteiger partial charge in [0.1, 0.15) is 24.1 Å². The molecule has 2 unspecified atom stereocenters. The van der Waals surface area contributed by atoms with Crippen LogP contribution in [0, 0.1) is 6.92 Å². The number of carbonyl (C=O) groups is 2.